The van der Waals surface area contributed by atoms with Crippen LogP contribution in [0.3, 0.4) is 0 Å². The SMILES string of the molecule is CN=C(OC1(C=O)CCCc2ccccc21)N1CCC2(CC1)OCc1ccccc12. The Balaban J connectivity index is 1.35. The van der Waals surface area contributed by atoms with E-state index in [1.54, 1.807) is 7.05 Å². The quantitative estimate of drug-likeness (QED) is 0.432. The van der Waals surface area contributed by atoms with Gasteiger partial charge in [0.05, 0.1) is 12.2 Å². The molecular formula is C25H28N2O3. The average Bonchev–Trinajstić information content (AvgIpc) is 3.16. The van der Waals surface area contributed by atoms with Crippen LogP contribution in [0.15, 0.2) is 53.5 Å². The van der Waals surface area contributed by atoms with Crippen LogP contribution in [0.25, 0.3) is 0 Å². The fourth-order valence-electron chi connectivity index (χ4n) is 5.35. The molecule has 0 saturated carbocycles. The highest BCUT2D eigenvalue weighted by Gasteiger charge is 2.45. The van der Waals surface area contributed by atoms with Gasteiger partial charge in [0.2, 0.25) is 0 Å². The average molecular weight is 405 g/mol. The Morgan fingerprint density at radius 2 is 1.73 bits per heavy atom. The van der Waals surface area contributed by atoms with Gasteiger partial charge in [-0.05, 0) is 48.8 Å². The highest BCUT2D eigenvalue weighted by Crippen LogP contribution is 2.44. The Kier molecular flexibility index (Phi) is 4.86. The summed E-state index contributed by atoms with van der Waals surface area (Å²) in [6.07, 6.45) is 5.34. The van der Waals surface area contributed by atoms with Crippen molar-refractivity contribution in [3.05, 3.63) is 70.8 Å². The zero-order chi connectivity index (χ0) is 20.6. The molecule has 156 valence electrons. The highest BCUT2D eigenvalue weighted by atomic mass is 16.5. The van der Waals surface area contributed by atoms with E-state index in [0.717, 1.165) is 50.6 Å². The molecule has 1 saturated heterocycles. The van der Waals surface area contributed by atoms with Crippen molar-refractivity contribution in [2.75, 3.05) is 20.1 Å². The van der Waals surface area contributed by atoms with Crippen molar-refractivity contribution < 1.29 is 14.3 Å². The number of carbonyl (C=O) groups is 1. The summed E-state index contributed by atoms with van der Waals surface area (Å²) in [6.45, 7) is 2.27. The molecule has 1 spiro atoms. The van der Waals surface area contributed by atoms with Crippen LogP contribution in [0.1, 0.15) is 47.9 Å². The van der Waals surface area contributed by atoms with Gasteiger partial charge < -0.3 is 14.4 Å². The molecule has 1 fully saturated rings. The molecule has 2 heterocycles. The fraction of sp³-hybridized carbons (Fsp3) is 0.440. The van der Waals surface area contributed by atoms with Crippen LogP contribution in [0.2, 0.25) is 0 Å². The molecule has 2 aliphatic heterocycles. The smallest absolute Gasteiger partial charge is 0.288 e. The molecule has 0 bridgehead atoms. The molecule has 3 aliphatic rings. The summed E-state index contributed by atoms with van der Waals surface area (Å²) in [5.41, 5.74) is 3.64. The summed E-state index contributed by atoms with van der Waals surface area (Å²) >= 11 is 0. The van der Waals surface area contributed by atoms with Gasteiger partial charge in [0, 0.05) is 25.7 Å². The maximum atomic E-state index is 12.3. The molecule has 1 atom stereocenters. The first-order chi connectivity index (χ1) is 14.7. The maximum absolute atomic E-state index is 12.3. The van der Waals surface area contributed by atoms with E-state index < -0.39 is 5.60 Å². The van der Waals surface area contributed by atoms with E-state index in [9.17, 15) is 4.79 Å². The van der Waals surface area contributed by atoms with Crippen molar-refractivity contribution in [2.24, 2.45) is 4.99 Å². The van der Waals surface area contributed by atoms with Crippen LogP contribution in [0.5, 0.6) is 0 Å². The standard InChI is InChI=1S/C25H28N2O3/c1-26-23(30-25(18-28)12-6-9-19-7-2-4-10-21(19)25)27-15-13-24(14-16-27)22-11-5-3-8-20(22)17-29-24/h2-5,7-8,10-11,18H,6,9,12-17H2,1H3. The van der Waals surface area contributed by atoms with Crippen molar-refractivity contribution in [3.8, 4) is 0 Å². The minimum absolute atomic E-state index is 0.203. The first kappa shape index (κ1) is 19.3. The zero-order valence-corrected chi connectivity index (χ0v) is 17.5. The molecule has 5 nitrogen and oxygen atoms in total. The molecular weight excluding hydrogens is 376 g/mol. The first-order valence-electron chi connectivity index (χ1n) is 10.9. The van der Waals surface area contributed by atoms with Gasteiger partial charge in [0.1, 0.15) is 0 Å². The number of likely N-dealkylation sites (tertiary alicyclic amines) is 1. The molecule has 1 unspecified atom stereocenters. The van der Waals surface area contributed by atoms with Gasteiger partial charge in [0.25, 0.3) is 6.02 Å². The lowest BCUT2D eigenvalue weighted by atomic mass is 9.80. The Hall–Kier alpha value is -2.66. The predicted octanol–water partition coefficient (Wildman–Crippen LogP) is 3.94. The first-order valence-corrected chi connectivity index (χ1v) is 10.9. The summed E-state index contributed by atoms with van der Waals surface area (Å²) in [5, 5.41) is 0. The fourth-order valence-corrected chi connectivity index (χ4v) is 5.35. The number of ether oxygens (including phenoxy) is 2. The largest absolute Gasteiger partial charge is 0.446 e. The lowest BCUT2D eigenvalue weighted by Gasteiger charge is -2.42. The Morgan fingerprint density at radius 3 is 2.47 bits per heavy atom. The van der Waals surface area contributed by atoms with E-state index in [1.807, 2.05) is 18.2 Å². The molecule has 0 N–H and O–H groups in total. The number of aliphatic imine (C=N–C) groups is 1. The molecule has 0 radical (unpaired) electrons. The van der Waals surface area contributed by atoms with Gasteiger partial charge in [-0.3, -0.25) is 4.79 Å². The number of rotatable bonds is 2. The molecule has 2 aromatic carbocycles. The van der Waals surface area contributed by atoms with E-state index in [4.69, 9.17) is 9.47 Å². The second-order valence-corrected chi connectivity index (χ2v) is 8.55. The molecule has 30 heavy (non-hydrogen) atoms. The second-order valence-electron chi connectivity index (χ2n) is 8.55. The Bertz CT molecular complexity index is 978. The van der Waals surface area contributed by atoms with Gasteiger partial charge in [-0.2, -0.15) is 0 Å². The van der Waals surface area contributed by atoms with Gasteiger partial charge in [-0.15, -0.1) is 0 Å². The van der Waals surface area contributed by atoms with Crippen LogP contribution >= 0.6 is 0 Å². The maximum Gasteiger partial charge on any atom is 0.288 e. The Labute approximate surface area is 177 Å². The summed E-state index contributed by atoms with van der Waals surface area (Å²) in [5.74, 6) is 0. The normalized spacial score (nSPS) is 25.0. The van der Waals surface area contributed by atoms with Crippen LogP contribution < -0.4 is 0 Å². The summed E-state index contributed by atoms with van der Waals surface area (Å²) in [4.78, 5) is 18.9. The van der Waals surface area contributed by atoms with Crippen molar-refractivity contribution in [2.45, 2.75) is 49.9 Å². The lowest BCUT2D eigenvalue weighted by molar-refractivity contribution is -0.126. The van der Waals surface area contributed by atoms with Crippen molar-refractivity contribution in [1.82, 2.24) is 4.90 Å². The molecule has 2 aromatic rings. The van der Waals surface area contributed by atoms with E-state index in [0.29, 0.717) is 19.0 Å². The third-order valence-corrected chi connectivity index (χ3v) is 6.98. The lowest BCUT2D eigenvalue weighted by Crippen LogP contribution is -2.49. The van der Waals surface area contributed by atoms with Crippen molar-refractivity contribution in [3.63, 3.8) is 0 Å². The number of benzene rings is 2. The number of aryl methyl sites for hydroxylation is 1. The van der Waals surface area contributed by atoms with Crippen molar-refractivity contribution >= 4 is 12.3 Å². The monoisotopic (exact) mass is 404 g/mol. The zero-order valence-electron chi connectivity index (χ0n) is 17.5. The van der Waals surface area contributed by atoms with Crippen LogP contribution in [-0.2, 0) is 38.5 Å². The molecule has 5 rings (SSSR count). The van der Waals surface area contributed by atoms with Crippen LogP contribution in [-0.4, -0.2) is 37.3 Å². The summed E-state index contributed by atoms with van der Waals surface area (Å²) in [7, 11) is 1.74. The van der Waals surface area contributed by atoms with Crippen LogP contribution in [0, 0.1) is 0 Å². The second kappa shape index (κ2) is 7.55. The summed E-state index contributed by atoms with van der Waals surface area (Å²) in [6, 6.07) is 17.2. The summed E-state index contributed by atoms with van der Waals surface area (Å²) < 4.78 is 12.7. The molecule has 5 heteroatoms. The van der Waals surface area contributed by atoms with Crippen molar-refractivity contribution in [1.29, 1.82) is 0 Å². The van der Waals surface area contributed by atoms with E-state index in [1.165, 1.54) is 16.7 Å². The molecule has 0 amide bonds. The third-order valence-electron chi connectivity index (χ3n) is 6.98. The van der Waals surface area contributed by atoms with Gasteiger partial charge >= 0.3 is 0 Å². The van der Waals surface area contributed by atoms with Crippen LogP contribution in [0.4, 0.5) is 0 Å². The molecule has 0 aromatic heterocycles. The Morgan fingerprint density at radius 1 is 1.03 bits per heavy atom. The minimum Gasteiger partial charge on any atom is -0.446 e. The number of carbonyl (C=O) groups excluding carboxylic acids is 1. The number of hydrogen-bond donors (Lipinski definition) is 0. The number of fused-ring (bicyclic) bond motifs is 3. The highest BCUT2D eigenvalue weighted by molar-refractivity contribution is 5.79. The van der Waals surface area contributed by atoms with E-state index in [2.05, 4.69) is 40.2 Å². The van der Waals surface area contributed by atoms with E-state index >= 15 is 0 Å². The number of amidine groups is 1. The van der Waals surface area contributed by atoms with E-state index in [-0.39, 0.29) is 5.60 Å². The van der Waals surface area contributed by atoms with Gasteiger partial charge in [-0.25, -0.2) is 4.99 Å². The third kappa shape index (κ3) is 3.03. The number of aldehydes is 1. The van der Waals surface area contributed by atoms with Gasteiger partial charge in [0.15, 0.2) is 11.9 Å². The number of nitrogens with zero attached hydrogens (tertiary/aromatic N) is 2. The minimum atomic E-state index is -0.949. The van der Waals surface area contributed by atoms with Gasteiger partial charge in [-0.1, -0.05) is 48.5 Å². The molecule has 1 aliphatic carbocycles. The topological polar surface area (TPSA) is 51.1 Å². The predicted molar refractivity (Wildman–Crippen MR) is 115 cm³/mol. The number of hydrogen-bond acceptors (Lipinski definition) is 4. The number of piperidine rings is 1.